The van der Waals surface area contributed by atoms with Gasteiger partial charge >= 0.3 is 0 Å². The Morgan fingerprint density at radius 2 is 2.14 bits per heavy atom. The van der Waals surface area contributed by atoms with Crippen LogP contribution in [0.2, 0.25) is 0 Å². The molecule has 2 rings (SSSR count). The molecule has 1 aromatic carbocycles. The van der Waals surface area contributed by atoms with E-state index in [0.29, 0.717) is 17.9 Å². The molecule has 1 atom stereocenters. The van der Waals surface area contributed by atoms with Crippen molar-refractivity contribution >= 4 is 11.8 Å². The number of hydrogen-bond donors (Lipinski definition) is 1. The second-order valence-corrected chi connectivity index (χ2v) is 6.60. The lowest BCUT2D eigenvalue weighted by molar-refractivity contribution is 0.333. The highest BCUT2D eigenvalue weighted by Gasteiger charge is 2.16. The van der Waals surface area contributed by atoms with Crippen LogP contribution in [0.3, 0.4) is 0 Å². The van der Waals surface area contributed by atoms with Gasteiger partial charge in [0.2, 0.25) is 5.89 Å². The van der Waals surface area contributed by atoms with E-state index < -0.39 is 0 Å². The molecular weight excluding hydrogens is 282 g/mol. The Bertz CT molecular complexity index is 568. The molecule has 0 radical (unpaired) electrons. The molecule has 0 spiro atoms. The monoisotopic (exact) mass is 305 g/mol. The summed E-state index contributed by atoms with van der Waals surface area (Å²) >= 11 is 1.73. The minimum Gasteiger partial charge on any atom is -0.339 e. The average molecular weight is 305 g/mol. The number of benzene rings is 1. The van der Waals surface area contributed by atoms with Gasteiger partial charge in [-0.1, -0.05) is 36.7 Å². The van der Waals surface area contributed by atoms with Crippen molar-refractivity contribution in [1.29, 1.82) is 0 Å². The normalized spacial score (nSPS) is 12.8. The van der Waals surface area contributed by atoms with Crippen molar-refractivity contribution in [3.63, 3.8) is 0 Å². The van der Waals surface area contributed by atoms with Gasteiger partial charge in [0, 0.05) is 17.4 Å². The summed E-state index contributed by atoms with van der Waals surface area (Å²) < 4.78 is 5.34. The van der Waals surface area contributed by atoms with Gasteiger partial charge in [-0.2, -0.15) is 4.98 Å². The van der Waals surface area contributed by atoms with Gasteiger partial charge in [-0.3, -0.25) is 0 Å². The Morgan fingerprint density at radius 1 is 1.33 bits per heavy atom. The Hall–Kier alpha value is -1.33. The molecule has 0 fully saturated rings. The molecule has 21 heavy (non-hydrogen) atoms. The van der Waals surface area contributed by atoms with Gasteiger partial charge in [-0.05, 0) is 32.0 Å². The van der Waals surface area contributed by atoms with E-state index in [1.165, 1.54) is 10.5 Å². The van der Waals surface area contributed by atoms with Crippen LogP contribution in [0.25, 0.3) is 0 Å². The van der Waals surface area contributed by atoms with Gasteiger partial charge in [0.1, 0.15) is 0 Å². The number of thioether (sulfide) groups is 1. The van der Waals surface area contributed by atoms with Gasteiger partial charge in [-0.15, -0.1) is 11.8 Å². The van der Waals surface area contributed by atoms with Crippen LogP contribution in [0.4, 0.5) is 0 Å². The third kappa shape index (κ3) is 4.86. The number of hydrogen-bond acceptors (Lipinski definition) is 5. The topological polar surface area (TPSA) is 51.0 Å². The minimum absolute atomic E-state index is 0.364. The first-order valence-corrected chi connectivity index (χ1v) is 8.25. The van der Waals surface area contributed by atoms with Gasteiger partial charge in [0.15, 0.2) is 5.82 Å². The fraction of sp³-hybridized carbons (Fsp3) is 0.500. The van der Waals surface area contributed by atoms with Crippen molar-refractivity contribution in [2.45, 2.75) is 43.9 Å². The Kier molecular flexibility index (Phi) is 5.82. The first kappa shape index (κ1) is 16.0. The van der Waals surface area contributed by atoms with E-state index in [2.05, 4.69) is 60.5 Å². The molecule has 1 N–H and O–H groups in total. The predicted octanol–water partition coefficient (Wildman–Crippen LogP) is 3.46. The summed E-state index contributed by atoms with van der Waals surface area (Å²) in [4.78, 5) is 5.71. The third-order valence-corrected chi connectivity index (χ3v) is 4.43. The minimum atomic E-state index is 0.364. The molecule has 5 heteroatoms. The highest BCUT2D eigenvalue weighted by molar-refractivity contribution is 7.98. The van der Waals surface area contributed by atoms with Crippen LogP contribution in [0.5, 0.6) is 0 Å². The van der Waals surface area contributed by atoms with E-state index in [9.17, 15) is 0 Å². The summed E-state index contributed by atoms with van der Waals surface area (Å²) in [6.07, 6.45) is 0.774. The van der Waals surface area contributed by atoms with Gasteiger partial charge in [-0.25, -0.2) is 0 Å². The third-order valence-electron chi connectivity index (χ3n) is 3.44. The first-order valence-electron chi connectivity index (χ1n) is 7.26. The second-order valence-electron chi connectivity index (χ2n) is 5.55. The van der Waals surface area contributed by atoms with Crippen LogP contribution >= 0.6 is 11.8 Å². The van der Waals surface area contributed by atoms with Gasteiger partial charge < -0.3 is 9.84 Å². The number of nitrogens with zero attached hydrogens (tertiary/aromatic N) is 2. The second kappa shape index (κ2) is 7.61. The van der Waals surface area contributed by atoms with Crippen LogP contribution in [-0.4, -0.2) is 23.2 Å². The zero-order valence-electron chi connectivity index (χ0n) is 13.1. The number of aromatic nitrogens is 2. The van der Waals surface area contributed by atoms with Crippen molar-refractivity contribution in [3.8, 4) is 0 Å². The van der Waals surface area contributed by atoms with E-state index in [1.54, 1.807) is 11.8 Å². The van der Waals surface area contributed by atoms with E-state index >= 15 is 0 Å². The van der Waals surface area contributed by atoms with E-state index in [-0.39, 0.29) is 0 Å². The molecule has 0 aliphatic rings. The van der Waals surface area contributed by atoms with Crippen LogP contribution < -0.4 is 5.32 Å². The lowest BCUT2D eigenvalue weighted by atomic mass is 10.0. The standard InChI is InChI=1S/C16H23N3OS/c1-11(2)14(17-4)9-16-18-15(19-20-16)10-21-13-7-5-6-12(3)8-13/h5-8,11,14,17H,9-10H2,1-4H3. The zero-order chi connectivity index (χ0) is 15.2. The van der Waals surface area contributed by atoms with Crippen LogP contribution in [-0.2, 0) is 12.2 Å². The van der Waals surface area contributed by atoms with E-state index in [0.717, 1.165) is 18.0 Å². The smallest absolute Gasteiger partial charge is 0.228 e. The summed E-state index contributed by atoms with van der Waals surface area (Å²) in [7, 11) is 1.97. The van der Waals surface area contributed by atoms with Gasteiger partial charge in [0.05, 0.1) is 5.75 Å². The SMILES string of the molecule is CNC(Cc1nc(CSc2cccc(C)c2)no1)C(C)C. The number of rotatable bonds is 7. The summed E-state index contributed by atoms with van der Waals surface area (Å²) in [5, 5.41) is 7.36. The summed E-state index contributed by atoms with van der Waals surface area (Å²) in [5.74, 6) is 2.74. The molecule has 2 aromatic rings. The van der Waals surface area contributed by atoms with E-state index in [4.69, 9.17) is 4.52 Å². The molecule has 0 aliphatic heterocycles. The van der Waals surface area contributed by atoms with Crippen molar-refractivity contribution in [2.75, 3.05) is 7.05 Å². The molecule has 114 valence electrons. The molecule has 1 aromatic heterocycles. The Morgan fingerprint density at radius 3 is 2.81 bits per heavy atom. The molecular formula is C16H23N3OS. The van der Waals surface area contributed by atoms with Gasteiger partial charge in [0.25, 0.3) is 0 Å². The molecule has 0 aliphatic carbocycles. The van der Waals surface area contributed by atoms with Crippen molar-refractivity contribution in [2.24, 2.45) is 5.92 Å². The molecule has 0 saturated carbocycles. The molecule has 0 bridgehead atoms. The van der Waals surface area contributed by atoms with Crippen molar-refractivity contribution in [3.05, 3.63) is 41.5 Å². The summed E-state index contributed by atoms with van der Waals surface area (Å²) in [6, 6.07) is 8.80. The summed E-state index contributed by atoms with van der Waals surface area (Å²) in [5.41, 5.74) is 1.27. The molecule has 0 saturated heterocycles. The fourth-order valence-electron chi connectivity index (χ4n) is 2.14. The number of nitrogens with one attached hydrogen (secondary N) is 1. The Labute approximate surface area is 130 Å². The Balaban J connectivity index is 1.91. The van der Waals surface area contributed by atoms with E-state index in [1.807, 2.05) is 7.05 Å². The quantitative estimate of drug-likeness (QED) is 0.794. The maximum absolute atomic E-state index is 5.34. The molecule has 1 unspecified atom stereocenters. The van der Waals surface area contributed by atoms with Crippen LogP contribution in [0.1, 0.15) is 31.1 Å². The maximum Gasteiger partial charge on any atom is 0.228 e. The fourth-order valence-corrected chi connectivity index (χ4v) is 3.00. The number of likely N-dealkylation sites (N-methyl/N-ethyl adjacent to an activating group) is 1. The zero-order valence-corrected chi connectivity index (χ0v) is 13.9. The van der Waals surface area contributed by atoms with Crippen molar-refractivity contribution < 1.29 is 4.52 Å². The predicted molar refractivity (Wildman–Crippen MR) is 86.4 cm³/mol. The average Bonchev–Trinajstić information content (AvgIpc) is 2.90. The molecule has 0 amide bonds. The number of aryl methyl sites for hydroxylation is 1. The lowest BCUT2D eigenvalue weighted by Gasteiger charge is -2.17. The maximum atomic E-state index is 5.34. The molecule has 4 nitrogen and oxygen atoms in total. The summed E-state index contributed by atoms with van der Waals surface area (Å²) in [6.45, 7) is 6.47. The van der Waals surface area contributed by atoms with Crippen molar-refractivity contribution in [1.82, 2.24) is 15.5 Å². The lowest BCUT2D eigenvalue weighted by Crippen LogP contribution is -2.32. The highest BCUT2D eigenvalue weighted by atomic mass is 32.2. The van der Waals surface area contributed by atoms with Crippen LogP contribution in [0, 0.1) is 12.8 Å². The highest BCUT2D eigenvalue weighted by Crippen LogP contribution is 2.22. The van der Waals surface area contributed by atoms with Crippen LogP contribution in [0.15, 0.2) is 33.7 Å². The molecule has 1 heterocycles. The largest absolute Gasteiger partial charge is 0.339 e. The first-order chi connectivity index (χ1) is 10.1.